The van der Waals surface area contributed by atoms with Crippen molar-refractivity contribution in [3.05, 3.63) is 101 Å². The quantitative estimate of drug-likeness (QED) is 0.165. The molecule has 3 aromatic carbocycles. The molecule has 12 nitrogen and oxygen atoms in total. The molecule has 3 heterocycles. The zero-order valence-corrected chi connectivity index (χ0v) is 29.0. The fourth-order valence-electron chi connectivity index (χ4n) is 7.05. The minimum Gasteiger partial charge on any atom is -0.488 e. The molecule has 51 heavy (non-hydrogen) atoms. The third-order valence-corrected chi connectivity index (χ3v) is 9.54. The van der Waals surface area contributed by atoms with Crippen molar-refractivity contribution in [2.24, 2.45) is 21.6 Å². The van der Waals surface area contributed by atoms with Crippen molar-refractivity contribution in [1.29, 1.82) is 0 Å². The van der Waals surface area contributed by atoms with Crippen LogP contribution < -0.4 is 26.0 Å². The smallest absolute Gasteiger partial charge is 0.350 e. The fourth-order valence-corrected chi connectivity index (χ4v) is 7.05. The molecular weight excluding hydrogens is 658 g/mol. The predicted molar refractivity (Wildman–Crippen MR) is 193 cm³/mol. The van der Waals surface area contributed by atoms with Gasteiger partial charge in [0.25, 0.3) is 0 Å². The molecule has 4 aromatic rings. The number of piperazine rings is 1. The molecular formula is C37H44F2N8O4. The second-order valence-corrected chi connectivity index (χ2v) is 13.3. The predicted octanol–water partition coefficient (Wildman–Crippen LogP) is 4.30. The molecule has 0 amide bonds. The van der Waals surface area contributed by atoms with Crippen LogP contribution in [0.4, 0.5) is 20.2 Å². The number of aliphatic hydroxyl groups is 1. The number of ether oxygens (including phenoxy) is 2. The van der Waals surface area contributed by atoms with Gasteiger partial charge in [-0.2, -0.15) is 5.10 Å². The summed E-state index contributed by atoms with van der Waals surface area (Å²) in [6, 6.07) is 18.8. The largest absolute Gasteiger partial charge is 0.488 e. The maximum Gasteiger partial charge on any atom is 0.350 e. The number of aliphatic imine (C=N–C) groups is 2. The van der Waals surface area contributed by atoms with E-state index in [0.29, 0.717) is 17.9 Å². The molecule has 0 aliphatic carbocycles. The number of benzene rings is 3. The Balaban J connectivity index is 1.05. The lowest BCUT2D eigenvalue weighted by Gasteiger charge is -2.37. The van der Waals surface area contributed by atoms with Crippen molar-refractivity contribution in [2.45, 2.75) is 51.0 Å². The van der Waals surface area contributed by atoms with Crippen molar-refractivity contribution in [2.75, 3.05) is 49.1 Å². The second-order valence-electron chi connectivity index (χ2n) is 13.3. The van der Waals surface area contributed by atoms with Crippen LogP contribution in [0.25, 0.3) is 5.69 Å². The van der Waals surface area contributed by atoms with E-state index in [2.05, 4.69) is 24.9 Å². The Morgan fingerprint density at radius 1 is 1.00 bits per heavy atom. The highest BCUT2D eigenvalue weighted by atomic mass is 19.1. The molecule has 3 N–H and O–H groups in total. The highest BCUT2D eigenvalue weighted by molar-refractivity contribution is 5.69. The van der Waals surface area contributed by atoms with Crippen LogP contribution in [0.1, 0.15) is 38.8 Å². The summed E-state index contributed by atoms with van der Waals surface area (Å²) in [6.45, 7) is 9.15. The van der Waals surface area contributed by atoms with Gasteiger partial charge in [0.15, 0.2) is 0 Å². The third kappa shape index (κ3) is 7.81. The molecule has 1 aromatic heterocycles. The molecule has 0 spiro atoms. The molecule has 4 atom stereocenters. The van der Waals surface area contributed by atoms with E-state index in [0.717, 1.165) is 50.0 Å². The van der Waals surface area contributed by atoms with Gasteiger partial charge in [0.2, 0.25) is 0 Å². The Morgan fingerprint density at radius 2 is 1.63 bits per heavy atom. The molecule has 0 saturated carbocycles. The van der Waals surface area contributed by atoms with Gasteiger partial charge in [-0.3, -0.25) is 4.99 Å². The van der Waals surface area contributed by atoms with Gasteiger partial charge in [-0.15, -0.1) is 0 Å². The first-order valence-electron chi connectivity index (χ1n) is 17.1. The molecule has 2 fully saturated rings. The summed E-state index contributed by atoms with van der Waals surface area (Å²) in [7, 11) is 0. The van der Waals surface area contributed by atoms with E-state index < -0.39 is 29.4 Å². The molecule has 0 bridgehead atoms. The SMILES string of the molecule is CC(C)C(C(C)O)n1ncn(-c2ccc(N3CCN(c4ccc(OC5COC(CN=CN=CN)(c6ccc(F)cc6F)C5)cc4)CC3)cc2)c1=O. The lowest BCUT2D eigenvalue weighted by atomic mass is 9.89. The van der Waals surface area contributed by atoms with Gasteiger partial charge >= 0.3 is 5.69 Å². The number of nitrogens with zero attached hydrogens (tertiary/aromatic N) is 7. The molecule has 6 rings (SSSR count). The van der Waals surface area contributed by atoms with E-state index >= 15 is 0 Å². The van der Waals surface area contributed by atoms with Crippen LogP contribution in [0.5, 0.6) is 5.75 Å². The maximum atomic E-state index is 14.9. The zero-order valence-electron chi connectivity index (χ0n) is 29.0. The van der Waals surface area contributed by atoms with Gasteiger partial charge in [-0.1, -0.05) is 19.9 Å². The van der Waals surface area contributed by atoms with E-state index in [4.69, 9.17) is 15.2 Å². The lowest BCUT2D eigenvalue weighted by molar-refractivity contribution is 0.00305. The fraction of sp³-hybridized carbons (Fsp3) is 0.405. The summed E-state index contributed by atoms with van der Waals surface area (Å²) in [4.78, 5) is 25.8. The Labute approximate surface area is 295 Å². The van der Waals surface area contributed by atoms with Crippen molar-refractivity contribution in [3.63, 3.8) is 0 Å². The number of hydrogen-bond acceptors (Lipinski definition) is 8. The standard InChI is InChI=1S/C37H44F2N8O4/c1-25(2)35(26(3)48)47-36(49)46(24-43-47)30-7-5-28(6-8-30)44-14-16-45(17-15-44)29-9-11-31(12-10-29)51-32-19-37(50-20-32,21-41-23-42-22-40)33-13-4-27(38)18-34(33)39/h4-13,18,22-26,32,35,48H,14-17,19-21H2,1-3H3,(H2,40,41,42). The summed E-state index contributed by atoms with van der Waals surface area (Å²) >= 11 is 0. The Kier molecular flexibility index (Phi) is 10.8. The lowest BCUT2D eigenvalue weighted by Crippen LogP contribution is -2.46. The van der Waals surface area contributed by atoms with Gasteiger partial charge in [0.05, 0.1) is 37.3 Å². The van der Waals surface area contributed by atoms with Gasteiger partial charge in [0.1, 0.15) is 41.8 Å². The zero-order chi connectivity index (χ0) is 36.1. The van der Waals surface area contributed by atoms with Crippen LogP contribution in [0.3, 0.4) is 0 Å². The Bertz CT molecular complexity index is 1880. The maximum absolute atomic E-state index is 14.9. The minimum atomic E-state index is -1.14. The van der Waals surface area contributed by atoms with Gasteiger partial charge in [-0.25, -0.2) is 27.8 Å². The third-order valence-electron chi connectivity index (χ3n) is 9.54. The van der Waals surface area contributed by atoms with Crippen LogP contribution in [-0.4, -0.2) is 83.7 Å². The van der Waals surface area contributed by atoms with Crippen LogP contribution in [0.15, 0.2) is 87.8 Å². The second kappa shape index (κ2) is 15.4. The van der Waals surface area contributed by atoms with E-state index in [1.807, 2.05) is 62.4 Å². The number of aliphatic hydroxyl groups excluding tert-OH is 1. The average Bonchev–Trinajstić information content (AvgIpc) is 3.70. The topological polar surface area (TPSA) is 136 Å². The van der Waals surface area contributed by atoms with Crippen LogP contribution in [0, 0.1) is 17.6 Å². The van der Waals surface area contributed by atoms with Crippen molar-refractivity contribution < 1.29 is 23.4 Å². The number of rotatable bonds is 12. The number of nitrogens with two attached hydrogens (primary N) is 1. The summed E-state index contributed by atoms with van der Waals surface area (Å²) in [6.07, 6.45) is 3.12. The highest BCUT2D eigenvalue weighted by Gasteiger charge is 2.45. The normalized spacial score (nSPS) is 20.9. The first kappa shape index (κ1) is 35.7. The van der Waals surface area contributed by atoms with E-state index in [1.165, 1.54) is 34.0 Å². The van der Waals surface area contributed by atoms with Gasteiger partial charge in [-0.05, 0) is 67.4 Å². The number of halogens is 2. The van der Waals surface area contributed by atoms with Crippen molar-refractivity contribution >= 4 is 24.1 Å². The van der Waals surface area contributed by atoms with Crippen molar-refractivity contribution in [3.8, 4) is 11.4 Å². The van der Waals surface area contributed by atoms with Crippen LogP contribution in [-0.2, 0) is 10.3 Å². The molecule has 2 saturated heterocycles. The molecule has 2 aliphatic heterocycles. The first-order valence-corrected chi connectivity index (χ1v) is 17.1. The highest BCUT2D eigenvalue weighted by Crippen LogP contribution is 2.40. The summed E-state index contributed by atoms with van der Waals surface area (Å²) in [5.41, 5.74) is 6.94. The molecule has 14 heteroatoms. The average molecular weight is 703 g/mol. The van der Waals surface area contributed by atoms with E-state index in [1.54, 1.807) is 6.92 Å². The van der Waals surface area contributed by atoms with E-state index in [-0.39, 0.29) is 36.4 Å². The number of hydrogen-bond donors (Lipinski definition) is 2. The molecule has 0 radical (unpaired) electrons. The Morgan fingerprint density at radius 3 is 2.22 bits per heavy atom. The van der Waals surface area contributed by atoms with Crippen LogP contribution >= 0.6 is 0 Å². The summed E-state index contributed by atoms with van der Waals surface area (Å²) < 4.78 is 43.8. The van der Waals surface area contributed by atoms with Gasteiger partial charge < -0.3 is 30.1 Å². The van der Waals surface area contributed by atoms with Gasteiger partial charge in [0, 0.05) is 55.6 Å². The summed E-state index contributed by atoms with van der Waals surface area (Å²) in [5, 5.41) is 14.5. The number of aromatic nitrogens is 3. The van der Waals surface area contributed by atoms with Crippen LogP contribution in [0.2, 0.25) is 0 Å². The first-order chi connectivity index (χ1) is 24.6. The Hall–Kier alpha value is -5.08. The van der Waals surface area contributed by atoms with E-state index in [9.17, 15) is 18.7 Å². The monoisotopic (exact) mass is 702 g/mol. The number of anilines is 2. The summed E-state index contributed by atoms with van der Waals surface area (Å²) in [5.74, 6) is -0.667. The molecule has 2 aliphatic rings. The molecule has 4 unspecified atom stereocenters. The molecule has 270 valence electrons. The van der Waals surface area contributed by atoms with Crippen molar-refractivity contribution in [1.82, 2.24) is 14.3 Å². The minimum absolute atomic E-state index is 0.0454.